The minimum Gasteiger partial charge on any atom is -0.497 e. The molecule has 2 atom stereocenters. The molecule has 2 heterocycles. The number of carbonyl (C=O) groups excluding carboxylic acids is 3. The number of methoxy groups -OCH3 is 1. The predicted molar refractivity (Wildman–Crippen MR) is 105 cm³/mol. The van der Waals surface area contributed by atoms with Gasteiger partial charge in [-0.3, -0.25) is 14.4 Å². The Morgan fingerprint density at radius 1 is 1.04 bits per heavy atom. The molecule has 4 rings (SSSR count). The lowest BCUT2D eigenvalue weighted by Crippen LogP contribution is -2.49. The third kappa shape index (κ3) is 3.06. The van der Waals surface area contributed by atoms with E-state index in [1.54, 1.807) is 25.3 Å². The number of rotatable bonds is 3. The van der Waals surface area contributed by atoms with Crippen LogP contribution in [0.15, 0.2) is 29.2 Å². The van der Waals surface area contributed by atoms with Gasteiger partial charge in [-0.25, -0.2) is 0 Å². The zero-order valence-electron chi connectivity index (χ0n) is 14.7. The SMILES string of the molecule is COc1ccc(/C=C2\SC(=S)N(N3C(=O)[C@H]4CCCC[C@H]4C3=O)C2=O)cc1. The van der Waals surface area contributed by atoms with E-state index in [1.807, 2.05) is 12.1 Å². The molecule has 3 amide bonds. The molecule has 1 aliphatic carbocycles. The van der Waals surface area contributed by atoms with Crippen LogP contribution in [-0.2, 0) is 14.4 Å². The number of ether oxygens (including phenoxy) is 1. The first kappa shape index (κ1) is 18.2. The van der Waals surface area contributed by atoms with Crippen molar-refractivity contribution < 1.29 is 19.1 Å². The maximum atomic E-state index is 12.9. The number of fused-ring (bicyclic) bond motifs is 1. The molecule has 2 aliphatic heterocycles. The van der Waals surface area contributed by atoms with E-state index in [2.05, 4.69) is 0 Å². The standard InChI is InChI=1S/C19H18N2O4S2/c1-25-12-8-6-11(7-9-12)10-15-18(24)21(19(26)27-15)20-16(22)13-4-2-3-5-14(13)17(20)23/h6-10,13-14H,2-5H2,1H3/b15-10-/t13-,14+. The number of hydrazine groups is 1. The molecule has 2 saturated heterocycles. The van der Waals surface area contributed by atoms with Crippen LogP contribution in [0, 0.1) is 11.8 Å². The molecule has 0 spiro atoms. The van der Waals surface area contributed by atoms with Crippen LogP contribution in [0.1, 0.15) is 31.2 Å². The monoisotopic (exact) mass is 402 g/mol. The van der Waals surface area contributed by atoms with Crippen LogP contribution in [-0.4, -0.2) is 39.2 Å². The molecule has 1 saturated carbocycles. The molecule has 1 aromatic rings. The predicted octanol–water partition coefficient (Wildman–Crippen LogP) is 2.99. The van der Waals surface area contributed by atoms with Gasteiger partial charge in [0.2, 0.25) is 0 Å². The van der Waals surface area contributed by atoms with Gasteiger partial charge in [0, 0.05) is 0 Å². The molecule has 6 nitrogen and oxygen atoms in total. The van der Waals surface area contributed by atoms with Crippen molar-refractivity contribution in [2.45, 2.75) is 25.7 Å². The third-order valence-corrected chi connectivity index (χ3v) is 6.49. The van der Waals surface area contributed by atoms with E-state index in [4.69, 9.17) is 17.0 Å². The van der Waals surface area contributed by atoms with Crippen LogP contribution in [0.25, 0.3) is 6.08 Å². The normalized spacial score (nSPS) is 26.9. The fraction of sp³-hybridized carbons (Fsp3) is 0.368. The van der Waals surface area contributed by atoms with Gasteiger partial charge in [-0.2, -0.15) is 10.0 Å². The van der Waals surface area contributed by atoms with Gasteiger partial charge in [-0.15, -0.1) is 0 Å². The summed E-state index contributed by atoms with van der Waals surface area (Å²) in [6, 6.07) is 7.24. The Bertz CT molecular complexity index is 841. The Balaban J connectivity index is 1.60. The number of thioether (sulfide) groups is 1. The molecule has 0 aromatic heterocycles. The van der Waals surface area contributed by atoms with E-state index in [-0.39, 0.29) is 28.0 Å². The molecule has 0 unspecified atom stereocenters. The Labute approximate surface area is 166 Å². The first-order chi connectivity index (χ1) is 13.0. The van der Waals surface area contributed by atoms with Crippen LogP contribution in [0.3, 0.4) is 0 Å². The Morgan fingerprint density at radius 3 is 2.19 bits per heavy atom. The largest absolute Gasteiger partial charge is 0.497 e. The maximum absolute atomic E-state index is 12.9. The van der Waals surface area contributed by atoms with Gasteiger partial charge in [0.05, 0.1) is 23.9 Å². The van der Waals surface area contributed by atoms with Crippen LogP contribution >= 0.6 is 24.0 Å². The summed E-state index contributed by atoms with van der Waals surface area (Å²) >= 11 is 6.42. The highest BCUT2D eigenvalue weighted by Crippen LogP contribution is 2.42. The number of hydrogen-bond donors (Lipinski definition) is 0. The molecule has 0 N–H and O–H groups in total. The summed E-state index contributed by atoms with van der Waals surface area (Å²) in [7, 11) is 1.59. The second kappa shape index (κ2) is 7.09. The lowest BCUT2D eigenvalue weighted by atomic mass is 9.81. The van der Waals surface area contributed by atoms with E-state index in [0.29, 0.717) is 17.7 Å². The van der Waals surface area contributed by atoms with Crippen molar-refractivity contribution in [3.05, 3.63) is 34.7 Å². The molecule has 3 aliphatic rings. The summed E-state index contributed by atoms with van der Waals surface area (Å²) in [5.74, 6) is -0.946. The average molecular weight is 402 g/mol. The van der Waals surface area contributed by atoms with Crippen molar-refractivity contribution in [3.63, 3.8) is 0 Å². The van der Waals surface area contributed by atoms with Crippen molar-refractivity contribution in [3.8, 4) is 5.75 Å². The molecule has 27 heavy (non-hydrogen) atoms. The minimum atomic E-state index is -0.429. The number of hydrogen-bond acceptors (Lipinski definition) is 6. The van der Waals surface area contributed by atoms with Crippen LogP contribution < -0.4 is 4.74 Å². The third-order valence-electron chi connectivity index (χ3n) is 5.20. The summed E-state index contributed by atoms with van der Waals surface area (Å²) in [6.45, 7) is 0. The van der Waals surface area contributed by atoms with E-state index >= 15 is 0 Å². The molecular formula is C19H18N2O4S2. The van der Waals surface area contributed by atoms with E-state index in [9.17, 15) is 14.4 Å². The van der Waals surface area contributed by atoms with E-state index in [1.165, 1.54) is 0 Å². The second-order valence-electron chi connectivity index (χ2n) is 6.75. The molecule has 0 bridgehead atoms. The lowest BCUT2D eigenvalue weighted by Gasteiger charge is -2.24. The zero-order valence-corrected chi connectivity index (χ0v) is 16.3. The minimum absolute atomic E-state index is 0.208. The molecule has 140 valence electrons. The van der Waals surface area contributed by atoms with Gasteiger partial charge >= 0.3 is 0 Å². The van der Waals surface area contributed by atoms with Crippen molar-refractivity contribution in [1.82, 2.24) is 10.0 Å². The molecule has 1 aromatic carbocycles. The summed E-state index contributed by atoms with van der Waals surface area (Å²) in [4.78, 5) is 38.8. The molecular weight excluding hydrogens is 384 g/mol. The lowest BCUT2D eigenvalue weighted by molar-refractivity contribution is -0.158. The van der Waals surface area contributed by atoms with Crippen molar-refractivity contribution in [2.75, 3.05) is 7.11 Å². The maximum Gasteiger partial charge on any atom is 0.285 e. The molecule has 8 heteroatoms. The van der Waals surface area contributed by atoms with Gasteiger partial charge in [-0.1, -0.05) is 36.7 Å². The highest BCUT2D eigenvalue weighted by atomic mass is 32.2. The first-order valence-corrected chi connectivity index (χ1v) is 10.0. The number of amides is 3. The van der Waals surface area contributed by atoms with Crippen molar-refractivity contribution in [2.24, 2.45) is 11.8 Å². The summed E-state index contributed by atoms with van der Waals surface area (Å²) in [6.07, 6.45) is 4.97. The van der Waals surface area contributed by atoms with Crippen LogP contribution in [0.2, 0.25) is 0 Å². The number of thiocarbonyl (C=S) groups is 1. The topological polar surface area (TPSA) is 66.9 Å². The number of carbonyl (C=O) groups is 3. The average Bonchev–Trinajstić information content (AvgIpc) is 3.09. The number of imide groups is 1. The number of benzene rings is 1. The van der Waals surface area contributed by atoms with Gasteiger partial charge in [0.1, 0.15) is 5.75 Å². The Morgan fingerprint density at radius 2 is 1.63 bits per heavy atom. The fourth-order valence-electron chi connectivity index (χ4n) is 3.83. The van der Waals surface area contributed by atoms with Crippen molar-refractivity contribution >= 4 is 52.1 Å². The fourth-order valence-corrected chi connectivity index (χ4v) is 5.07. The Hall–Kier alpha value is -2.19. The molecule has 0 radical (unpaired) electrons. The highest BCUT2D eigenvalue weighted by molar-refractivity contribution is 8.26. The van der Waals surface area contributed by atoms with Crippen molar-refractivity contribution in [1.29, 1.82) is 0 Å². The summed E-state index contributed by atoms with van der Waals surface area (Å²) in [5.41, 5.74) is 0.809. The van der Waals surface area contributed by atoms with Gasteiger partial charge in [0.25, 0.3) is 17.7 Å². The smallest absolute Gasteiger partial charge is 0.285 e. The number of nitrogens with zero attached hydrogens (tertiary/aromatic N) is 2. The Kier molecular flexibility index (Phi) is 4.77. The van der Waals surface area contributed by atoms with Gasteiger partial charge in [-0.05, 0) is 48.8 Å². The second-order valence-corrected chi connectivity index (χ2v) is 8.43. The zero-order chi connectivity index (χ0) is 19.1. The van der Waals surface area contributed by atoms with E-state index < -0.39 is 5.91 Å². The van der Waals surface area contributed by atoms with Crippen LogP contribution in [0.4, 0.5) is 0 Å². The quantitative estimate of drug-likeness (QED) is 0.440. The summed E-state index contributed by atoms with van der Waals surface area (Å²) in [5, 5.41) is 2.07. The highest BCUT2D eigenvalue weighted by Gasteiger charge is 2.54. The van der Waals surface area contributed by atoms with E-state index in [0.717, 1.165) is 45.9 Å². The van der Waals surface area contributed by atoms with Crippen LogP contribution in [0.5, 0.6) is 5.75 Å². The van der Waals surface area contributed by atoms with Gasteiger partial charge < -0.3 is 4.74 Å². The molecule has 3 fully saturated rings. The summed E-state index contributed by atoms with van der Waals surface area (Å²) < 4.78 is 5.34. The first-order valence-electron chi connectivity index (χ1n) is 8.81. The van der Waals surface area contributed by atoms with Gasteiger partial charge in [0.15, 0.2) is 4.32 Å².